The SMILES string of the molecule is Cc1ccc(C)c2c1CCCC2(CN)N1CCC(C)CC1. The van der Waals surface area contributed by atoms with Crippen LogP contribution in [0.3, 0.4) is 0 Å². The second-order valence-corrected chi connectivity index (χ2v) is 7.31. The first kappa shape index (κ1) is 15.1. The van der Waals surface area contributed by atoms with Crippen LogP contribution in [0.15, 0.2) is 12.1 Å². The number of nitrogens with zero attached hydrogens (tertiary/aromatic N) is 1. The predicted octanol–water partition coefficient (Wildman–Crippen LogP) is 3.53. The minimum atomic E-state index is 0.101. The van der Waals surface area contributed by atoms with Crippen molar-refractivity contribution in [1.82, 2.24) is 4.90 Å². The van der Waals surface area contributed by atoms with E-state index in [2.05, 4.69) is 37.8 Å². The maximum atomic E-state index is 6.40. The van der Waals surface area contributed by atoms with E-state index in [0.717, 1.165) is 12.5 Å². The first-order valence-corrected chi connectivity index (χ1v) is 8.63. The molecule has 0 amide bonds. The summed E-state index contributed by atoms with van der Waals surface area (Å²) in [6, 6.07) is 4.59. The molecule has 21 heavy (non-hydrogen) atoms. The standard InChI is InChI=1S/C19H30N2/c1-14-8-11-21(12-9-14)19(13-20)10-4-5-17-15(2)6-7-16(3)18(17)19/h6-7,14H,4-5,8-13,20H2,1-3H3. The number of nitrogens with two attached hydrogens (primary N) is 1. The molecule has 1 aliphatic heterocycles. The van der Waals surface area contributed by atoms with Crippen LogP contribution in [-0.4, -0.2) is 24.5 Å². The fraction of sp³-hybridized carbons (Fsp3) is 0.684. The highest BCUT2D eigenvalue weighted by atomic mass is 15.2. The summed E-state index contributed by atoms with van der Waals surface area (Å²) < 4.78 is 0. The van der Waals surface area contributed by atoms with Crippen LogP contribution in [0.4, 0.5) is 0 Å². The van der Waals surface area contributed by atoms with Gasteiger partial charge in [-0.2, -0.15) is 0 Å². The normalized spacial score (nSPS) is 27.6. The van der Waals surface area contributed by atoms with Crippen LogP contribution < -0.4 is 5.73 Å². The lowest BCUT2D eigenvalue weighted by Gasteiger charge is -2.50. The van der Waals surface area contributed by atoms with Gasteiger partial charge in [-0.25, -0.2) is 0 Å². The van der Waals surface area contributed by atoms with Crippen molar-refractivity contribution in [2.75, 3.05) is 19.6 Å². The maximum Gasteiger partial charge on any atom is 0.0589 e. The molecule has 1 unspecified atom stereocenters. The Kier molecular flexibility index (Phi) is 4.11. The molecule has 0 aromatic heterocycles. The van der Waals surface area contributed by atoms with E-state index in [1.54, 1.807) is 11.1 Å². The fourth-order valence-electron chi connectivity index (χ4n) is 4.61. The molecule has 0 radical (unpaired) electrons. The molecule has 0 spiro atoms. The van der Waals surface area contributed by atoms with E-state index in [1.165, 1.54) is 56.3 Å². The molecule has 1 fully saturated rings. The molecule has 1 heterocycles. The first-order valence-electron chi connectivity index (χ1n) is 8.63. The van der Waals surface area contributed by atoms with Crippen LogP contribution >= 0.6 is 0 Å². The fourth-order valence-corrected chi connectivity index (χ4v) is 4.61. The molecule has 1 atom stereocenters. The largest absolute Gasteiger partial charge is 0.328 e. The molecule has 2 N–H and O–H groups in total. The average molecular weight is 286 g/mol. The number of rotatable bonds is 2. The second-order valence-electron chi connectivity index (χ2n) is 7.31. The third-order valence-electron chi connectivity index (χ3n) is 5.96. The lowest BCUT2D eigenvalue weighted by atomic mass is 9.71. The number of fused-ring (bicyclic) bond motifs is 1. The van der Waals surface area contributed by atoms with Crippen LogP contribution in [0.1, 0.15) is 54.9 Å². The number of hydrogen-bond acceptors (Lipinski definition) is 2. The van der Waals surface area contributed by atoms with E-state index in [1.807, 2.05) is 0 Å². The average Bonchev–Trinajstić information content (AvgIpc) is 2.51. The Hall–Kier alpha value is -0.860. The second kappa shape index (κ2) is 5.73. The van der Waals surface area contributed by atoms with Crippen molar-refractivity contribution in [3.05, 3.63) is 34.4 Å². The first-order chi connectivity index (χ1) is 10.1. The Morgan fingerprint density at radius 1 is 1.19 bits per heavy atom. The smallest absolute Gasteiger partial charge is 0.0589 e. The van der Waals surface area contributed by atoms with Gasteiger partial charge in [0.25, 0.3) is 0 Å². The Balaban J connectivity index is 2.07. The van der Waals surface area contributed by atoms with Crippen LogP contribution in [0.2, 0.25) is 0 Å². The van der Waals surface area contributed by atoms with Crippen molar-refractivity contribution in [2.45, 2.75) is 58.4 Å². The van der Waals surface area contributed by atoms with Gasteiger partial charge in [-0.3, -0.25) is 4.90 Å². The number of benzene rings is 1. The molecule has 1 saturated heterocycles. The van der Waals surface area contributed by atoms with Crippen LogP contribution in [-0.2, 0) is 12.0 Å². The van der Waals surface area contributed by atoms with Gasteiger partial charge in [0.05, 0.1) is 5.54 Å². The molecule has 2 nitrogen and oxygen atoms in total. The summed E-state index contributed by atoms with van der Waals surface area (Å²) in [6.45, 7) is 10.1. The molecule has 2 heteroatoms. The number of piperidine rings is 1. The van der Waals surface area contributed by atoms with Gasteiger partial charge in [0.2, 0.25) is 0 Å². The zero-order chi connectivity index (χ0) is 15.0. The molecular formula is C19H30N2. The topological polar surface area (TPSA) is 29.3 Å². The molecule has 116 valence electrons. The summed E-state index contributed by atoms with van der Waals surface area (Å²) in [5.74, 6) is 0.873. The third-order valence-corrected chi connectivity index (χ3v) is 5.96. The number of hydrogen-bond donors (Lipinski definition) is 1. The Bertz CT molecular complexity index is 515. The number of aryl methyl sites for hydroxylation is 2. The highest BCUT2D eigenvalue weighted by Gasteiger charge is 2.42. The third kappa shape index (κ3) is 2.43. The molecule has 2 aliphatic rings. The Morgan fingerprint density at radius 3 is 2.52 bits per heavy atom. The maximum absolute atomic E-state index is 6.40. The van der Waals surface area contributed by atoms with E-state index in [-0.39, 0.29) is 5.54 Å². The van der Waals surface area contributed by atoms with E-state index in [4.69, 9.17) is 5.73 Å². The van der Waals surface area contributed by atoms with Crippen molar-refractivity contribution in [2.24, 2.45) is 11.7 Å². The van der Waals surface area contributed by atoms with Gasteiger partial charge < -0.3 is 5.73 Å². The molecule has 1 aromatic carbocycles. The van der Waals surface area contributed by atoms with Crippen LogP contribution in [0.5, 0.6) is 0 Å². The lowest BCUT2D eigenvalue weighted by molar-refractivity contribution is 0.0408. The Labute approximate surface area is 129 Å². The zero-order valence-corrected chi connectivity index (χ0v) is 13.9. The molecule has 3 rings (SSSR count). The molecule has 0 saturated carbocycles. The summed E-state index contributed by atoms with van der Waals surface area (Å²) >= 11 is 0. The van der Waals surface area contributed by atoms with Crippen molar-refractivity contribution in [1.29, 1.82) is 0 Å². The zero-order valence-electron chi connectivity index (χ0n) is 13.9. The van der Waals surface area contributed by atoms with Gasteiger partial charge in [0.1, 0.15) is 0 Å². The molecular weight excluding hydrogens is 256 g/mol. The summed E-state index contributed by atoms with van der Waals surface area (Å²) in [5.41, 5.74) is 12.6. The van der Waals surface area contributed by atoms with E-state index >= 15 is 0 Å². The van der Waals surface area contributed by atoms with Gasteiger partial charge in [-0.1, -0.05) is 19.1 Å². The minimum absolute atomic E-state index is 0.101. The van der Waals surface area contributed by atoms with Crippen LogP contribution in [0, 0.1) is 19.8 Å². The highest BCUT2D eigenvalue weighted by molar-refractivity contribution is 5.46. The number of likely N-dealkylation sites (tertiary alicyclic amines) is 1. The van der Waals surface area contributed by atoms with E-state index in [0.29, 0.717) is 0 Å². The minimum Gasteiger partial charge on any atom is -0.328 e. The van der Waals surface area contributed by atoms with Crippen LogP contribution in [0.25, 0.3) is 0 Å². The summed E-state index contributed by atoms with van der Waals surface area (Å²) in [5, 5.41) is 0. The predicted molar refractivity (Wildman–Crippen MR) is 89.6 cm³/mol. The van der Waals surface area contributed by atoms with Gasteiger partial charge in [-0.05, 0) is 87.2 Å². The monoisotopic (exact) mass is 286 g/mol. The summed E-state index contributed by atoms with van der Waals surface area (Å²) in [6.07, 6.45) is 6.38. The Morgan fingerprint density at radius 2 is 1.86 bits per heavy atom. The van der Waals surface area contributed by atoms with Gasteiger partial charge in [-0.15, -0.1) is 0 Å². The summed E-state index contributed by atoms with van der Waals surface area (Å²) in [7, 11) is 0. The quantitative estimate of drug-likeness (QED) is 0.901. The van der Waals surface area contributed by atoms with E-state index in [9.17, 15) is 0 Å². The van der Waals surface area contributed by atoms with Crippen molar-refractivity contribution in [3.63, 3.8) is 0 Å². The van der Waals surface area contributed by atoms with Crippen molar-refractivity contribution in [3.8, 4) is 0 Å². The van der Waals surface area contributed by atoms with E-state index < -0.39 is 0 Å². The van der Waals surface area contributed by atoms with Crippen molar-refractivity contribution >= 4 is 0 Å². The molecule has 0 bridgehead atoms. The molecule has 1 aromatic rings. The van der Waals surface area contributed by atoms with Crippen molar-refractivity contribution < 1.29 is 0 Å². The summed E-state index contributed by atoms with van der Waals surface area (Å²) in [4.78, 5) is 2.72. The highest BCUT2D eigenvalue weighted by Crippen LogP contribution is 2.43. The van der Waals surface area contributed by atoms with Gasteiger partial charge in [0.15, 0.2) is 0 Å². The molecule has 1 aliphatic carbocycles. The van der Waals surface area contributed by atoms with Gasteiger partial charge in [0, 0.05) is 6.54 Å². The lowest BCUT2D eigenvalue weighted by Crippen LogP contribution is -2.55. The van der Waals surface area contributed by atoms with Gasteiger partial charge >= 0.3 is 0 Å².